The van der Waals surface area contributed by atoms with E-state index in [9.17, 15) is 0 Å². The molecule has 8 aromatic carbocycles. The summed E-state index contributed by atoms with van der Waals surface area (Å²) < 4.78 is 6.32. The first kappa shape index (κ1) is 25.8. The van der Waals surface area contributed by atoms with E-state index in [1.165, 1.54) is 49.0 Å². The zero-order chi connectivity index (χ0) is 31.1. The molecule has 1 aliphatic heterocycles. The minimum Gasteiger partial charge on any atom is -0.456 e. The number of hydrogen-bond donors (Lipinski definition) is 0. The predicted molar refractivity (Wildman–Crippen MR) is 194 cm³/mol. The third-order valence-corrected chi connectivity index (χ3v) is 9.67. The van der Waals surface area contributed by atoms with E-state index in [2.05, 4.69) is 113 Å². The Balaban J connectivity index is 1.03. The third kappa shape index (κ3) is 3.89. The molecule has 2 heterocycles. The van der Waals surface area contributed by atoms with E-state index < -0.39 is 0 Å². The first-order valence-electron chi connectivity index (χ1n) is 15.7. The Morgan fingerprint density at radius 2 is 1.09 bits per heavy atom. The van der Waals surface area contributed by atoms with Gasteiger partial charge in [-0.05, 0) is 120 Å². The molecule has 0 bridgehead atoms. The van der Waals surface area contributed by atoms with Gasteiger partial charge >= 0.3 is 0 Å². The van der Waals surface area contributed by atoms with Crippen molar-refractivity contribution in [3.63, 3.8) is 0 Å². The average molecular weight is 597 g/mol. The van der Waals surface area contributed by atoms with Crippen molar-refractivity contribution in [1.29, 1.82) is 0 Å². The monoisotopic (exact) mass is 596 g/mol. The molecule has 0 amide bonds. The van der Waals surface area contributed by atoms with E-state index in [-0.39, 0.29) is 0 Å². The number of ether oxygens (including phenoxy) is 1. The highest BCUT2D eigenvalue weighted by Gasteiger charge is 2.22. The van der Waals surface area contributed by atoms with Crippen LogP contribution in [-0.2, 0) is 0 Å². The lowest BCUT2D eigenvalue weighted by atomic mass is 9.89. The Labute approximate surface area is 271 Å². The fourth-order valence-electron chi connectivity index (χ4n) is 7.45. The van der Waals surface area contributed by atoms with Crippen molar-refractivity contribution in [1.82, 2.24) is 4.98 Å². The number of pyridine rings is 1. The van der Waals surface area contributed by atoms with Crippen LogP contribution in [0.1, 0.15) is 0 Å². The SMILES string of the molecule is [C-]#[N+]c1ccc2c3c(cccc13)-c1cc(-c3ccc(-c4cc5ccc6cc(-c7cccnc7)cc7ccc(c4)c5c67)cc3)ccc1O2. The second-order valence-corrected chi connectivity index (χ2v) is 12.3. The summed E-state index contributed by atoms with van der Waals surface area (Å²) in [6.07, 6.45) is 3.74. The molecule has 0 spiro atoms. The van der Waals surface area contributed by atoms with Crippen molar-refractivity contribution in [2.45, 2.75) is 0 Å². The van der Waals surface area contributed by atoms with Gasteiger partial charge in [-0.1, -0.05) is 84.9 Å². The Bertz CT molecular complexity index is 2690. The van der Waals surface area contributed by atoms with Gasteiger partial charge in [0.25, 0.3) is 0 Å². The normalized spacial score (nSPS) is 12.0. The van der Waals surface area contributed by atoms with Gasteiger partial charge in [0.05, 0.1) is 6.57 Å². The van der Waals surface area contributed by atoms with Gasteiger partial charge < -0.3 is 4.74 Å². The first-order chi connectivity index (χ1) is 23.2. The van der Waals surface area contributed by atoms with Crippen molar-refractivity contribution in [2.75, 3.05) is 0 Å². The topological polar surface area (TPSA) is 26.5 Å². The average Bonchev–Trinajstić information content (AvgIpc) is 3.14. The number of nitrogens with zero attached hydrogens (tertiary/aromatic N) is 2. The maximum atomic E-state index is 7.62. The van der Waals surface area contributed by atoms with Crippen molar-refractivity contribution in [2.24, 2.45) is 0 Å². The van der Waals surface area contributed by atoms with Gasteiger partial charge in [-0.2, -0.15) is 0 Å². The highest BCUT2D eigenvalue weighted by atomic mass is 16.5. The maximum Gasteiger partial charge on any atom is 0.195 e. The summed E-state index contributed by atoms with van der Waals surface area (Å²) in [5.41, 5.74) is 9.77. The molecule has 0 saturated carbocycles. The third-order valence-electron chi connectivity index (χ3n) is 9.67. The standard InChI is InChI=1S/C44H24N2O/c1-45-39-16-18-41-44-36(5-2-6-37(39)44)38-24-28(15-17-40(38)47-41)26-7-9-27(10-8-26)34-20-29-11-13-31-22-35(33-4-3-19-46-25-33)23-32-14-12-30(21-34)42(29)43(31)32/h2-25H. The van der Waals surface area contributed by atoms with E-state index in [4.69, 9.17) is 11.3 Å². The van der Waals surface area contributed by atoms with E-state index in [1.54, 1.807) is 0 Å². The minimum atomic E-state index is 0.645. The van der Waals surface area contributed by atoms with Crippen molar-refractivity contribution < 1.29 is 4.74 Å². The van der Waals surface area contributed by atoms with Crippen molar-refractivity contribution in [3.05, 3.63) is 157 Å². The summed E-state index contributed by atoms with van der Waals surface area (Å²) in [5, 5.41) is 9.56. The molecule has 0 unspecified atom stereocenters. The molecule has 0 fully saturated rings. The van der Waals surface area contributed by atoms with Crippen LogP contribution in [0.25, 0.3) is 92.4 Å². The molecule has 3 nitrogen and oxygen atoms in total. The Hall–Kier alpha value is -6.50. The van der Waals surface area contributed by atoms with Crippen LogP contribution in [0.5, 0.6) is 11.5 Å². The fourth-order valence-corrected chi connectivity index (χ4v) is 7.45. The number of rotatable bonds is 3. The quantitative estimate of drug-likeness (QED) is 0.150. The fraction of sp³-hybridized carbons (Fsp3) is 0. The maximum absolute atomic E-state index is 7.62. The smallest absolute Gasteiger partial charge is 0.195 e. The molecule has 3 heteroatoms. The minimum absolute atomic E-state index is 0.645. The van der Waals surface area contributed by atoms with Crippen molar-refractivity contribution in [3.8, 4) is 56.0 Å². The van der Waals surface area contributed by atoms with Crippen LogP contribution in [0.3, 0.4) is 0 Å². The lowest BCUT2D eigenvalue weighted by Gasteiger charge is -2.22. The molecule has 0 saturated heterocycles. The second-order valence-electron chi connectivity index (χ2n) is 12.3. The summed E-state index contributed by atoms with van der Waals surface area (Å²) in [4.78, 5) is 8.06. The number of benzene rings is 8. The van der Waals surface area contributed by atoms with Crippen LogP contribution in [0.15, 0.2) is 146 Å². The van der Waals surface area contributed by atoms with Gasteiger partial charge in [0, 0.05) is 28.9 Å². The molecular formula is C44H24N2O. The van der Waals surface area contributed by atoms with Crippen LogP contribution in [0, 0.1) is 6.57 Å². The van der Waals surface area contributed by atoms with Gasteiger partial charge in [0.1, 0.15) is 11.5 Å². The summed E-state index contributed by atoms with van der Waals surface area (Å²) in [5.74, 6) is 1.64. The molecule has 0 radical (unpaired) electrons. The van der Waals surface area contributed by atoms with Crippen LogP contribution < -0.4 is 4.74 Å². The lowest BCUT2D eigenvalue weighted by Crippen LogP contribution is -1.97. The largest absolute Gasteiger partial charge is 0.456 e. The molecule has 10 rings (SSSR count). The van der Waals surface area contributed by atoms with Gasteiger partial charge in [-0.3, -0.25) is 4.98 Å². The highest BCUT2D eigenvalue weighted by molar-refractivity contribution is 6.24. The van der Waals surface area contributed by atoms with E-state index in [0.29, 0.717) is 5.69 Å². The summed E-state index contributed by atoms with van der Waals surface area (Å²) in [6, 6.07) is 47.4. The van der Waals surface area contributed by atoms with Gasteiger partial charge in [0.15, 0.2) is 5.69 Å². The van der Waals surface area contributed by atoms with Gasteiger partial charge in [0.2, 0.25) is 0 Å². The zero-order valence-corrected chi connectivity index (χ0v) is 25.2. The van der Waals surface area contributed by atoms with Crippen LogP contribution >= 0.6 is 0 Å². The Morgan fingerprint density at radius 3 is 1.72 bits per heavy atom. The zero-order valence-electron chi connectivity index (χ0n) is 25.2. The van der Waals surface area contributed by atoms with Crippen LogP contribution in [0.4, 0.5) is 5.69 Å². The second kappa shape index (κ2) is 9.75. The van der Waals surface area contributed by atoms with Crippen LogP contribution in [-0.4, -0.2) is 4.98 Å². The number of fused-ring (bicyclic) bond motifs is 2. The van der Waals surface area contributed by atoms with E-state index >= 15 is 0 Å². The molecule has 216 valence electrons. The van der Waals surface area contributed by atoms with Gasteiger partial charge in [-0.25, -0.2) is 4.85 Å². The molecule has 1 aromatic heterocycles. The van der Waals surface area contributed by atoms with Crippen LogP contribution in [0.2, 0.25) is 0 Å². The molecule has 1 aliphatic rings. The molecule has 0 N–H and O–H groups in total. The van der Waals surface area contributed by atoms with Gasteiger partial charge in [-0.15, -0.1) is 0 Å². The summed E-state index contributed by atoms with van der Waals surface area (Å²) >= 11 is 0. The molecule has 9 aromatic rings. The van der Waals surface area contributed by atoms with E-state index in [0.717, 1.165) is 50.1 Å². The molecule has 47 heavy (non-hydrogen) atoms. The molecule has 0 aliphatic carbocycles. The first-order valence-corrected chi connectivity index (χ1v) is 15.7. The predicted octanol–water partition coefficient (Wildman–Crippen LogP) is 12.5. The number of aromatic nitrogens is 1. The Morgan fingerprint density at radius 1 is 0.468 bits per heavy atom. The van der Waals surface area contributed by atoms with E-state index in [1.807, 2.05) is 42.7 Å². The Kier molecular flexibility index (Phi) is 5.35. The molecular weight excluding hydrogens is 572 g/mol. The summed E-state index contributed by atoms with van der Waals surface area (Å²) in [7, 11) is 0. The summed E-state index contributed by atoms with van der Waals surface area (Å²) in [6.45, 7) is 7.62. The highest BCUT2D eigenvalue weighted by Crippen LogP contribution is 2.49. The lowest BCUT2D eigenvalue weighted by molar-refractivity contribution is 0.487. The number of hydrogen-bond acceptors (Lipinski definition) is 2. The molecule has 0 atom stereocenters. The van der Waals surface area contributed by atoms with Crippen molar-refractivity contribution >= 4 is 48.8 Å².